The molecule has 0 spiro atoms. The molecule has 2 aromatic rings. The number of anilines is 1. The molecule has 6 nitrogen and oxygen atoms in total. The van der Waals surface area contributed by atoms with E-state index in [1.54, 1.807) is 6.07 Å². The van der Waals surface area contributed by atoms with Gasteiger partial charge in [0.15, 0.2) is 5.78 Å². The van der Waals surface area contributed by atoms with Gasteiger partial charge in [0, 0.05) is 29.7 Å². The molecule has 14 heteroatoms. The number of nitrogens with one attached hydrogen (secondary N) is 2. The topological polar surface area (TPSA) is 84.5 Å². The Labute approximate surface area is 234 Å². The molecule has 1 atom stereocenters. The van der Waals surface area contributed by atoms with Crippen molar-refractivity contribution in [2.45, 2.75) is 50.9 Å². The van der Waals surface area contributed by atoms with E-state index in [-0.39, 0.29) is 60.3 Å². The highest BCUT2D eigenvalue weighted by atomic mass is 127. The molecule has 0 saturated heterocycles. The van der Waals surface area contributed by atoms with E-state index in [2.05, 4.69) is 10.8 Å². The molecule has 0 bridgehead atoms. The Balaban J connectivity index is 1.68. The van der Waals surface area contributed by atoms with Crippen LogP contribution in [0.3, 0.4) is 0 Å². The number of benzene rings is 2. The van der Waals surface area contributed by atoms with Gasteiger partial charge >= 0.3 is 12.4 Å². The fourth-order valence-corrected chi connectivity index (χ4v) is 4.46. The molecule has 0 fully saturated rings. The zero-order valence-corrected chi connectivity index (χ0v) is 23.2. The maximum Gasteiger partial charge on any atom is 0.416 e. The predicted molar refractivity (Wildman–Crippen MR) is 142 cm³/mol. The molecule has 0 radical (unpaired) electrons. The number of halogens is 7. The van der Waals surface area contributed by atoms with E-state index >= 15 is 0 Å². The predicted octanol–water partition coefficient (Wildman–Crippen LogP) is 7.43. The van der Waals surface area contributed by atoms with Crippen LogP contribution in [0.25, 0.3) is 6.08 Å². The van der Waals surface area contributed by atoms with Crippen molar-refractivity contribution >= 4 is 57.9 Å². The van der Waals surface area contributed by atoms with Gasteiger partial charge in [0.1, 0.15) is 6.45 Å². The molecule has 2 N–H and O–H groups in total. The smallest absolute Gasteiger partial charge is 0.326 e. The highest BCUT2D eigenvalue weighted by molar-refractivity contribution is 14.2. The molecular formula is C25H22F6IN2O4P. The van der Waals surface area contributed by atoms with Crippen LogP contribution < -0.4 is 10.8 Å². The Kier molecular flexibility index (Phi) is 10.5. The second-order valence-corrected chi connectivity index (χ2v) is 10.3. The van der Waals surface area contributed by atoms with Crippen molar-refractivity contribution in [3.05, 3.63) is 69.8 Å². The molecule has 1 aliphatic rings. The summed E-state index contributed by atoms with van der Waals surface area (Å²) in [6.07, 6.45) is -7.19. The van der Waals surface area contributed by atoms with Crippen molar-refractivity contribution in [1.82, 2.24) is 5.48 Å². The Morgan fingerprint density at radius 3 is 2.13 bits per heavy atom. The average Bonchev–Trinajstić information content (AvgIpc) is 2.86. The van der Waals surface area contributed by atoms with Crippen LogP contribution >= 0.6 is 28.5 Å². The van der Waals surface area contributed by atoms with Gasteiger partial charge < -0.3 is 5.32 Å². The van der Waals surface area contributed by atoms with Crippen molar-refractivity contribution in [2.24, 2.45) is 0 Å². The number of fused-ring (bicyclic) bond motifs is 1. The highest BCUT2D eigenvalue weighted by Crippen LogP contribution is 2.37. The maximum atomic E-state index is 13.2. The zero-order chi connectivity index (χ0) is 28.8. The first-order chi connectivity index (χ1) is 18.3. The Morgan fingerprint density at radius 1 is 0.923 bits per heavy atom. The summed E-state index contributed by atoms with van der Waals surface area (Å²) in [7, 11) is 0. The lowest BCUT2D eigenvalue weighted by Crippen LogP contribution is -2.19. The molecule has 1 aliphatic carbocycles. The normalized spacial score (nSPS) is 15.1. The minimum Gasteiger partial charge on any atom is -0.326 e. The van der Waals surface area contributed by atoms with E-state index < -0.39 is 29.3 Å². The lowest BCUT2D eigenvalue weighted by molar-refractivity contribution is -0.143. The van der Waals surface area contributed by atoms with Crippen LogP contribution in [-0.2, 0) is 33.0 Å². The number of hydrogen-bond acceptors (Lipinski definition) is 4. The molecule has 0 aliphatic heterocycles. The third kappa shape index (κ3) is 9.00. The van der Waals surface area contributed by atoms with Gasteiger partial charge in [0.25, 0.3) is 0 Å². The third-order valence-electron chi connectivity index (χ3n) is 5.80. The van der Waals surface area contributed by atoms with Gasteiger partial charge in [-0.05, 0) is 101 Å². The Bertz CT molecular complexity index is 1250. The number of amides is 2. The largest absolute Gasteiger partial charge is 0.416 e. The second kappa shape index (κ2) is 13.2. The lowest BCUT2D eigenvalue weighted by Gasteiger charge is -2.19. The number of rotatable bonds is 9. The number of aryl methyl sites for hydroxylation is 1. The molecule has 39 heavy (non-hydrogen) atoms. The molecule has 0 aromatic heterocycles. The van der Waals surface area contributed by atoms with Gasteiger partial charge in [-0.25, -0.2) is 10.1 Å². The summed E-state index contributed by atoms with van der Waals surface area (Å²) in [4.78, 5) is 36.7. The van der Waals surface area contributed by atoms with Gasteiger partial charge in [-0.2, -0.15) is 26.3 Å². The van der Waals surface area contributed by atoms with Crippen molar-refractivity contribution in [3.63, 3.8) is 0 Å². The first-order valence-corrected chi connectivity index (χ1v) is 15.6. The van der Waals surface area contributed by atoms with Crippen LogP contribution in [0.2, 0.25) is 0 Å². The van der Waals surface area contributed by atoms with E-state index in [0.717, 1.165) is 6.08 Å². The summed E-state index contributed by atoms with van der Waals surface area (Å²) in [5.41, 5.74) is 0.371. The number of alkyl halides is 6. The number of allylic oxidation sites excluding steroid dienone is 1. The Hall–Kier alpha value is -2.51. The van der Waals surface area contributed by atoms with E-state index in [1.807, 2.05) is 22.0 Å². The van der Waals surface area contributed by atoms with Gasteiger partial charge in [-0.1, -0.05) is 0 Å². The molecule has 210 valence electrons. The minimum atomic E-state index is -4.99. The molecule has 1 unspecified atom stereocenters. The highest BCUT2D eigenvalue weighted by Gasteiger charge is 2.37. The monoisotopic (exact) mass is 686 g/mol. The van der Waals surface area contributed by atoms with Crippen molar-refractivity contribution < 1.29 is 45.4 Å². The number of hydrogen-bond donors (Lipinski definition) is 2. The van der Waals surface area contributed by atoms with Crippen molar-refractivity contribution in [1.29, 1.82) is 0 Å². The van der Waals surface area contributed by atoms with Gasteiger partial charge in [0.05, 0.1) is 11.1 Å². The molecule has 0 saturated carbocycles. The first kappa shape index (κ1) is 31.0. The molecular weight excluding hydrogens is 664 g/mol. The van der Waals surface area contributed by atoms with E-state index in [1.165, 1.54) is 12.1 Å². The number of carbonyl (C=O) groups is 3. The van der Waals surface area contributed by atoms with E-state index in [0.29, 0.717) is 42.6 Å². The third-order valence-corrected chi connectivity index (χ3v) is 6.64. The van der Waals surface area contributed by atoms with Crippen LogP contribution in [0.5, 0.6) is 0 Å². The fraction of sp³-hybridized carbons (Fsp3) is 0.320. The number of Topliss-reactive ketones (excluding diaryl/α,β-unsaturated/α-hetero) is 1. The summed E-state index contributed by atoms with van der Waals surface area (Å²) in [5, 5.41) is 2.72. The SMILES string of the molecule is O=C(CCCCC(=O)Nc1ccc2c(c1)CC/C(=C\c1cc(C(F)(F)F)cc(C(F)(F)F)c1)C2=O)NOPI. The zero-order valence-electron chi connectivity index (χ0n) is 20.1. The van der Waals surface area contributed by atoms with Gasteiger partial charge in [-0.15, -0.1) is 0 Å². The summed E-state index contributed by atoms with van der Waals surface area (Å²) in [6.45, 7) is 0.0977. The Morgan fingerprint density at radius 2 is 1.54 bits per heavy atom. The second-order valence-electron chi connectivity index (χ2n) is 8.67. The van der Waals surface area contributed by atoms with E-state index in [9.17, 15) is 40.7 Å². The number of ketones is 1. The van der Waals surface area contributed by atoms with Crippen LogP contribution in [0.15, 0.2) is 42.0 Å². The summed E-state index contributed by atoms with van der Waals surface area (Å²) in [5.74, 6) is -1.07. The minimum absolute atomic E-state index is 0.0368. The van der Waals surface area contributed by atoms with Crippen molar-refractivity contribution in [3.8, 4) is 0 Å². The molecule has 0 heterocycles. The average molecular weight is 686 g/mol. The quantitative estimate of drug-likeness (QED) is 0.0719. The van der Waals surface area contributed by atoms with Gasteiger partial charge in [-0.3, -0.25) is 14.4 Å². The van der Waals surface area contributed by atoms with Crippen molar-refractivity contribution in [2.75, 3.05) is 5.32 Å². The molecule has 2 aromatic carbocycles. The fourth-order valence-electron chi connectivity index (χ4n) is 3.98. The number of carbonyl (C=O) groups excluding carboxylic acids is 3. The summed E-state index contributed by atoms with van der Waals surface area (Å²) < 4.78 is 83.8. The maximum absolute atomic E-state index is 13.2. The van der Waals surface area contributed by atoms with Gasteiger partial charge in [0.2, 0.25) is 11.8 Å². The van der Waals surface area contributed by atoms with Crippen LogP contribution in [0.4, 0.5) is 32.0 Å². The standard InChI is InChI=1S/C25H22F6IN2O4P/c26-24(27,28)17-10-14(11-18(13-17)25(29,30)31)9-16-6-5-15-12-19(7-8-20(15)23(16)37)33-21(35)3-1-2-4-22(36)34-38-39-32/h7-13,39H,1-6H2,(H,33,35)(H,34,36)/b16-9+. The first-order valence-electron chi connectivity index (χ1n) is 11.6. The van der Waals surface area contributed by atoms with Crippen LogP contribution in [0.1, 0.15) is 64.7 Å². The lowest BCUT2D eigenvalue weighted by atomic mass is 9.85. The molecule has 2 amide bonds. The molecule has 3 rings (SSSR count). The summed E-state index contributed by atoms with van der Waals surface area (Å²) in [6, 6.07) is 5.77. The van der Waals surface area contributed by atoms with E-state index in [4.69, 9.17) is 4.62 Å². The van der Waals surface area contributed by atoms with Crippen LogP contribution in [-0.4, -0.2) is 17.6 Å². The van der Waals surface area contributed by atoms with Crippen LogP contribution in [0, 0.1) is 0 Å². The number of hydroxylamine groups is 1. The summed E-state index contributed by atoms with van der Waals surface area (Å²) >= 11 is 1.96. The number of unbranched alkanes of at least 4 members (excludes halogenated alkanes) is 1.